The maximum absolute atomic E-state index is 12.0. The molecule has 5 aliphatic carbocycles. The average molecular weight is 771 g/mol. The van der Waals surface area contributed by atoms with Gasteiger partial charge in [-0.3, -0.25) is 0 Å². The highest BCUT2D eigenvalue weighted by Gasteiger charge is 2.81. The molecule has 1 spiro atoms. The molecule has 0 aromatic rings. The summed E-state index contributed by atoms with van der Waals surface area (Å²) in [6, 6.07) is 0. The van der Waals surface area contributed by atoms with Crippen molar-refractivity contribution in [3.05, 3.63) is 0 Å². The van der Waals surface area contributed by atoms with Crippen LogP contribution in [0.4, 0.5) is 0 Å². The molecular weight excluding hydrogens is 704 g/mol. The molecule has 310 valence electrons. The average Bonchev–Trinajstić information content (AvgIpc) is 3.59. The molecule has 14 nitrogen and oxygen atoms in total. The molecule has 8 fully saturated rings. The van der Waals surface area contributed by atoms with Crippen LogP contribution < -0.4 is 0 Å². The highest BCUT2D eigenvalue weighted by molar-refractivity contribution is 5.29. The second-order valence-corrected chi connectivity index (χ2v) is 19.3. The normalized spacial score (nSPS) is 59.6. The minimum absolute atomic E-state index is 0.0136. The van der Waals surface area contributed by atoms with Crippen LogP contribution in [-0.2, 0) is 28.4 Å². The first kappa shape index (κ1) is 40.2. The maximum atomic E-state index is 12.0. The highest BCUT2D eigenvalue weighted by Crippen LogP contribution is 2.82. The second-order valence-electron chi connectivity index (χ2n) is 19.3. The van der Waals surface area contributed by atoms with Crippen LogP contribution in [0.2, 0.25) is 0 Å². The molecule has 8 aliphatic rings. The molecule has 0 bridgehead atoms. The molecule has 54 heavy (non-hydrogen) atoms. The Hall–Kier alpha value is -0.560. The van der Waals surface area contributed by atoms with Crippen LogP contribution in [0.3, 0.4) is 0 Å². The predicted octanol–water partition coefficient (Wildman–Crippen LogP) is 0.659. The van der Waals surface area contributed by atoms with E-state index in [4.69, 9.17) is 28.4 Å². The van der Waals surface area contributed by atoms with Gasteiger partial charge in [0.1, 0.15) is 42.7 Å². The zero-order valence-electron chi connectivity index (χ0n) is 32.6. The van der Waals surface area contributed by atoms with Crippen LogP contribution >= 0.6 is 0 Å². The highest BCUT2D eigenvalue weighted by atomic mass is 16.7. The van der Waals surface area contributed by atoms with Crippen molar-refractivity contribution in [2.45, 2.75) is 171 Å². The first-order valence-corrected chi connectivity index (χ1v) is 20.7. The lowest BCUT2D eigenvalue weighted by atomic mass is 9.44. The largest absolute Gasteiger partial charge is 0.394 e. The molecule has 0 aromatic heterocycles. The van der Waals surface area contributed by atoms with E-state index in [1.54, 1.807) is 14.0 Å². The smallest absolute Gasteiger partial charge is 0.186 e. The van der Waals surface area contributed by atoms with Crippen molar-refractivity contribution in [3.63, 3.8) is 0 Å². The number of methoxy groups -OCH3 is 1. The van der Waals surface area contributed by atoms with Crippen molar-refractivity contribution in [1.82, 2.24) is 0 Å². The summed E-state index contributed by atoms with van der Waals surface area (Å²) < 4.78 is 37.3. The fourth-order valence-electron chi connectivity index (χ4n) is 14.1. The van der Waals surface area contributed by atoms with Gasteiger partial charge in [0.05, 0.1) is 37.6 Å². The lowest BCUT2D eigenvalue weighted by molar-refractivity contribution is -0.321. The number of ether oxygens (including phenoxy) is 6. The van der Waals surface area contributed by atoms with Gasteiger partial charge >= 0.3 is 0 Å². The first-order chi connectivity index (χ1) is 25.5. The minimum atomic E-state index is -1.49. The first-order valence-electron chi connectivity index (χ1n) is 20.7. The van der Waals surface area contributed by atoms with Gasteiger partial charge in [0.25, 0.3) is 0 Å². The molecule has 8 N–H and O–H groups in total. The zero-order chi connectivity index (χ0) is 38.9. The third kappa shape index (κ3) is 5.63. The van der Waals surface area contributed by atoms with Crippen LogP contribution in [0.5, 0.6) is 0 Å². The van der Waals surface area contributed by atoms with Gasteiger partial charge in [0, 0.05) is 30.3 Å². The summed E-state index contributed by atoms with van der Waals surface area (Å²) in [7, 11) is 1.72. The molecule has 0 aromatic carbocycles. The van der Waals surface area contributed by atoms with E-state index < -0.39 is 79.9 Å². The second kappa shape index (κ2) is 14.0. The van der Waals surface area contributed by atoms with E-state index >= 15 is 0 Å². The van der Waals surface area contributed by atoms with Gasteiger partial charge in [0.15, 0.2) is 18.4 Å². The molecule has 3 heterocycles. The zero-order valence-corrected chi connectivity index (χ0v) is 32.6. The monoisotopic (exact) mass is 770 g/mol. The Morgan fingerprint density at radius 2 is 1.54 bits per heavy atom. The van der Waals surface area contributed by atoms with Crippen LogP contribution in [0.1, 0.15) is 86.0 Å². The number of rotatable bonds is 10. The standard InChI is InChI=1S/C40H66O14/c1-17(16-50-35-33(47)32(46)30(44)25(15-41)52-35)7-10-40(49-6)18(2)28-24(54-40)13-23-21-12-26(42)39-14-20(39)11-27(38(39,5)22(21)8-9-37(23,28)4)53-36-34(48)31(45)29(43)19(3)51-36/h17-36,41-48H,7-16H2,1-6H3/t17-,18-,19+,20+,21+,22-,23-,24-,25+,26+,27+,28?,29-,30+,31-,32-,33+,34+,35+,36-,37-,38-,39-,40+/m0/s1. The topological polar surface area (TPSA) is 217 Å². The number of hydrogen-bond donors (Lipinski definition) is 8. The van der Waals surface area contributed by atoms with Crippen LogP contribution in [0.25, 0.3) is 0 Å². The maximum Gasteiger partial charge on any atom is 0.186 e. The molecule has 3 saturated heterocycles. The van der Waals surface area contributed by atoms with Crippen molar-refractivity contribution >= 4 is 0 Å². The molecule has 0 amide bonds. The quantitative estimate of drug-likeness (QED) is 0.153. The fraction of sp³-hybridized carbons (Fsp3) is 1.00. The van der Waals surface area contributed by atoms with Gasteiger partial charge in [-0.05, 0) is 92.8 Å². The van der Waals surface area contributed by atoms with E-state index in [0.717, 1.165) is 38.5 Å². The van der Waals surface area contributed by atoms with E-state index in [9.17, 15) is 40.9 Å². The molecule has 0 radical (unpaired) electrons. The number of hydrogen-bond acceptors (Lipinski definition) is 14. The fourth-order valence-corrected chi connectivity index (χ4v) is 14.1. The van der Waals surface area contributed by atoms with E-state index in [-0.39, 0.29) is 58.7 Å². The molecule has 14 heteroatoms. The third-order valence-electron chi connectivity index (χ3n) is 17.1. The summed E-state index contributed by atoms with van der Waals surface area (Å²) in [6.45, 7) is 10.4. The molecule has 8 rings (SSSR count). The number of fused-ring (bicyclic) bond motifs is 6. The summed E-state index contributed by atoms with van der Waals surface area (Å²) in [6.07, 6.45) is -6.07. The van der Waals surface area contributed by atoms with Gasteiger partial charge in [0.2, 0.25) is 0 Å². The Balaban J connectivity index is 0.941. The summed E-state index contributed by atoms with van der Waals surface area (Å²) in [5.74, 6) is 0.931. The van der Waals surface area contributed by atoms with Gasteiger partial charge in [-0.2, -0.15) is 0 Å². The summed E-state index contributed by atoms with van der Waals surface area (Å²) in [5.41, 5.74) is -0.564. The lowest BCUT2D eigenvalue weighted by Crippen LogP contribution is -2.62. The van der Waals surface area contributed by atoms with Crippen molar-refractivity contribution in [3.8, 4) is 0 Å². The van der Waals surface area contributed by atoms with Crippen molar-refractivity contribution in [1.29, 1.82) is 0 Å². The lowest BCUT2D eigenvalue weighted by Gasteiger charge is -2.62. The van der Waals surface area contributed by atoms with Crippen molar-refractivity contribution in [2.75, 3.05) is 20.3 Å². The van der Waals surface area contributed by atoms with Gasteiger partial charge in [-0.25, -0.2) is 0 Å². The Kier molecular flexibility index (Phi) is 10.5. The Morgan fingerprint density at radius 1 is 0.833 bits per heavy atom. The van der Waals surface area contributed by atoms with Gasteiger partial charge in [-0.15, -0.1) is 0 Å². The Bertz CT molecular complexity index is 1370. The molecule has 1 unspecified atom stereocenters. The van der Waals surface area contributed by atoms with E-state index in [0.29, 0.717) is 30.6 Å². The Morgan fingerprint density at radius 3 is 2.24 bits per heavy atom. The summed E-state index contributed by atoms with van der Waals surface area (Å²) in [5, 5.41) is 83.9. The molecule has 5 saturated carbocycles. The van der Waals surface area contributed by atoms with Crippen LogP contribution in [0.15, 0.2) is 0 Å². The van der Waals surface area contributed by atoms with E-state index in [1.165, 1.54) is 0 Å². The van der Waals surface area contributed by atoms with Gasteiger partial charge in [-0.1, -0.05) is 27.7 Å². The molecular formula is C40H66O14. The van der Waals surface area contributed by atoms with E-state index in [2.05, 4.69) is 20.8 Å². The number of aliphatic hydroxyl groups excluding tert-OH is 8. The van der Waals surface area contributed by atoms with Crippen LogP contribution in [-0.4, -0.2) is 147 Å². The minimum Gasteiger partial charge on any atom is -0.394 e. The van der Waals surface area contributed by atoms with Gasteiger partial charge < -0.3 is 69.3 Å². The predicted molar refractivity (Wildman–Crippen MR) is 189 cm³/mol. The van der Waals surface area contributed by atoms with Crippen LogP contribution in [0, 0.1) is 57.7 Å². The summed E-state index contributed by atoms with van der Waals surface area (Å²) in [4.78, 5) is 0. The molecule has 24 atom stereocenters. The Labute approximate surface area is 318 Å². The summed E-state index contributed by atoms with van der Waals surface area (Å²) >= 11 is 0. The van der Waals surface area contributed by atoms with Crippen molar-refractivity contribution < 1.29 is 69.3 Å². The van der Waals surface area contributed by atoms with E-state index in [1.807, 2.05) is 6.92 Å². The van der Waals surface area contributed by atoms with Crippen molar-refractivity contribution in [2.24, 2.45) is 57.7 Å². The molecule has 3 aliphatic heterocycles. The number of aliphatic hydroxyl groups is 8. The SMILES string of the molecule is CO[C@]1(CC[C@H](C)CO[C@@H]2O[C@H](CO)[C@@H](O)[C@H](O)[C@H]2O)O[C@H]2C[C@H]3[C@@H]4C[C@@H](O)[C@]56C[C@H]5C[C@@H](O[C@@H]5O[C@H](C)[C@H](O)[C@H](O)[C@H]5O)[C@]6(C)[C@H]4CC[C@]3(C)C2[C@@H]1C. The third-order valence-corrected chi connectivity index (χ3v) is 17.1.